The molecule has 2 N–H and O–H groups in total. The van der Waals surface area contributed by atoms with Gasteiger partial charge < -0.3 is 10.6 Å². The third-order valence-electron chi connectivity index (χ3n) is 5.46. The van der Waals surface area contributed by atoms with Crippen molar-refractivity contribution in [3.05, 3.63) is 35.9 Å². The van der Waals surface area contributed by atoms with Crippen LogP contribution < -0.4 is 5.73 Å². The smallest absolute Gasteiger partial charge is 0.225 e. The van der Waals surface area contributed by atoms with Gasteiger partial charge in [-0.25, -0.2) is 0 Å². The molecule has 0 spiro atoms. The van der Waals surface area contributed by atoms with Crippen LogP contribution >= 0.6 is 0 Å². The first-order chi connectivity index (χ1) is 11.1. The Hall–Kier alpha value is -1.39. The summed E-state index contributed by atoms with van der Waals surface area (Å²) in [5.74, 6) is 0.457. The van der Waals surface area contributed by atoms with E-state index in [1.807, 2.05) is 11.9 Å². The number of hydrogen-bond acceptors (Lipinski definition) is 3. The molecule has 3 unspecified atom stereocenters. The van der Waals surface area contributed by atoms with E-state index < -0.39 is 0 Å². The van der Waals surface area contributed by atoms with Crippen molar-refractivity contribution < 1.29 is 4.79 Å². The molecule has 1 saturated heterocycles. The Labute approximate surface area is 139 Å². The minimum atomic E-state index is 0.145. The molecular formula is C19H29N3O. The van der Waals surface area contributed by atoms with Crippen LogP contribution in [0.2, 0.25) is 0 Å². The highest BCUT2D eigenvalue weighted by atomic mass is 16.2. The molecule has 1 amide bonds. The number of nitrogens with zero attached hydrogens (tertiary/aromatic N) is 2. The molecule has 1 aliphatic heterocycles. The molecule has 2 aliphatic rings. The highest BCUT2D eigenvalue weighted by Gasteiger charge is 2.33. The van der Waals surface area contributed by atoms with Crippen molar-refractivity contribution in [3.8, 4) is 0 Å². The molecule has 0 radical (unpaired) electrons. The Morgan fingerprint density at radius 2 is 2.04 bits per heavy atom. The van der Waals surface area contributed by atoms with Crippen LogP contribution in [0.5, 0.6) is 0 Å². The first kappa shape index (κ1) is 16.5. The maximum absolute atomic E-state index is 12.7. The predicted molar refractivity (Wildman–Crippen MR) is 92.8 cm³/mol. The normalized spacial score (nSPS) is 28.7. The molecule has 3 atom stereocenters. The molecule has 1 aliphatic carbocycles. The summed E-state index contributed by atoms with van der Waals surface area (Å²) in [6, 6.07) is 11.1. The zero-order valence-electron chi connectivity index (χ0n) is 14.2. The molecule has 126 valence electrons. The van der Waals surface area contributed by atoms with Gasteiger partial charge in [-0.2, -0.15) is 0 Å². The van der Waals surface area contributed by atoms with Crippen molar-refractivity contribution in [2.75, 3.05) is 20.1 Å². The van der Waals surface area contributed by atoms with Crippen LogP contribution in [0.4, 0.5) is 0 Å². The predicted octanol–water partition coefficient (Wildman–Crippen LogP) is 2.24. The van der Waals surface area contributed by atoms with E-state index in [4.69, 9.17) is 5.73 Å². The molecule has 0 bridgehead atoms. The van der Waals surface area contributed by atoms with E-state index >= 15 is 0 Å². The third-order valence-corrected chi connectivity index (χ3v) is 5.46. The van der Waals surface area contributed by atoms with Crippen molar-refractivity contribution in [2.45, 2.75) is 50.7 Å². The zero-order chi connectivity index (χ0) is 16.2. The number of likely N-dealkylation sites (tertiary alicyclic amines) is 1. The van der Waals surface area contributed by atoms with Crippen LogP contribution in [-0.4, -0.2) is 47.9 Å². The monoisotopic (exact) mass is 315 g/mol. The van der Waals surface area contributed by atoms with Gasteiger partial charge in [0.15, 0.2) is 0 Å². The average Bonchev–Trinajstić information content (AvgIpc) is 3.03. The molecule has 1 aromatic rings. The highest BCUT2D eigenvalue weighted by Crippen LogP contribution is 2.27. The van der Waals surface area contributed by atoms with Crippen LogP contribution in [-0.2, 0) is 11.3 Å². The quantitative estimate of drug-likeness (QED) is 0.927. The van der Waals surface area contributed by atoms with Crippen LogP contribution in [0, 0.1) is 5.92 Å². The van der Waals surface area contributed by atoms with Gasteiger partial charge in [0.1, 0.15) is 0 Å². The summed E-state index contributed by atoms with van der Waals surface area (Å²) in [5.41, 5.74) is 7.39. The van der Waals surface area contributed by atoms with E-state index in [9.17, 15) is 4.79 Å². The summed E-state index contributed by atoms with van der Waals surface area (Å²) in [4.78, 5) is 17.2. The van der Waals surface area contributed by atoms with Crippen LogP contribution in [0.25, 0.3) is 0 Å². The van der Waals surface area contributed by atoms with Gasteiger partial charge in [-0.15, -0.1) is 0 Å². The van der Waals surface area contributed by atoms with Crippen LogP contribution in [0.3, 0.4) is 0 Å². The van der Waals surface area contributed by atoms with Gasteiger partial charge in [0, 0.05) is 44.7 Å². The lowest BCUT2D eigenvalue weighted by atomic mass is 9.85. The minimum absolute atomic E-state index is 0.145. The second-order valence-corrected chi connectivity index (χ2v) is 7.24. The summed E-state index contributed by atoms with van der Waals surface area (Å²) in [6.45, 7) is 3.03. The van der Waals surface area contributed by atoms with Crippen LogP contribution in [0.1, 0.15) is 37.7 Å². The van der Waals surface area contributed by atoms with Gasteiger partial charge in [-0.1, -0.05) is 36.8 Å². The van der Waals surface area contributed by atoms with Gasteiger partial charge in [0.05, 0.1) is 0 Å². The van der Waals surface area contributed by atoms with E-state index in [1.165, 1.54) is 5.56 Å². The summed E-state index contributed by atoms with van der Waals surface area (Å²) >= 11 is 0. The van der Waals surface area contributed by atoms with Crippen molar-refractivity contribution in [2.24, 2.45) is 11.7 Å². The average molecular weight is 315 g/mol. The maximum atomic E-state index is 12.7. The number of hydrogen-bond donors (Lipinski definition) is 1. The fourth-order valence-electron chi connectivity index (χ4n) is 4.03. The van der Waals surface area contributed by atoms with Gasteiger partial charge in [-0.05, 0) is 31.2 Å². The number of carbonyl (C=O) groups excluding carboxylic acids is 1. The molecule has 0 aromatic heterocycles. The maximum Gasteiger partial charge on any atom is 0.225 e. The third kappa shape index (κ3) is 4.12. The van der Waals surface area contributed by atoms with Crippen molar-refractivity contribution in [1.29, 1.82) is 0 Å². The number of nitrogens with two attached hydrogens (primary N) is 1. The fraction of sp³-hybridized carbons (Fsp3) is 0.632. The second kappa shape index (κ2) is 7.45. The summed E-state index contributed by atoms with van der Waals surface area (Å²) < 4.78 is 0. The first-order valence-electron chi connectivity index (χ1n) is 8.92. The number of amides is 1. The molecule has 1 aromatic carbocycles. The number of rotatable bonds is 4. The van der Waals surface area contributed by atoms with E-state index in [0.29, 0.717) is 11.9 Å². The topological polar surface area (TPSA) is 49.6 Å². The summed E-state index contributed by atoms with van der Waals surface area (Å²) in [5, 5.41) is 0. The Kier molecular flexibility index (Phi) is 5.34. The standard InChI is InChI=1S/C19H29N3O/c1-21(19(23)16-8-5-9-17(20)12-16)18-10-11-22(14-18)13-15-6-3-2-4-7-15/h2-4,6-7,16-18H,5,8-14,20H2,1H3. The Balaban J connectivity index is 1.52. The molecule has 4 nitrogen and oxygen atoms in total. The van der Waals surface area contributed by atoms with Crippen molar-refractivity contribution >= 4 is 5.91 Å². The van der Waals surface area contributed by atoms with Gasteiger partial charge in [0.25, 0.3) is 0 Å². The summed E-state index contributed by atoms with van der Waals surface area (Å²) in [7, 11) is 1.99. The molecule has 1 saturated carbocycles. The second-order valence-electron chi connectivity index (χ2n) is 7.24. The SMILES string of the molecule is CN(C(=O)C1CCCC(N)C1)C1CCN(Cc2ccccc2)C1. The van der Waals surface area contributed by atoms with Gasteiger partial charge in [-0.3, -0.25) is 9.69 Å². The van der Waals surface area contributed by atoms with E-state index in [1.54, 1.807) is 0 Å². The number of carbonyl (C=O) groups is 1. The van der Waals surface area contributed by atoms with E-state index in [2.05, 4.69) is 35.2 Å². The molecule has 23 heavy (non-hydrogen) atoms. The van der Waals surface area contributed by atoms with E-state index in [0.717, 1.165) is 51.7 Å². The summed E-state index contributed by atoms with van der Waals surface area (Å²) in [6.07, 6.45) is 5.12. The molecule has 4 heteroatoms. The molecule has 3 rings (SSSR count). The fourth-order valence-corrected chi connectivity index (χ4v) is 4.03. The lowest BCUT2D eigenvalue weighted by Crippen LogP contribution is -2.44. The molecule has 1 heterocycles. The minimum Gasteiger partial charge on any atom is -0.341 e. The van der Waals surface area contributed by atoms with Gasteiger partial charge >= 0.3 is 0 Å². The number of benzene rings is 1. The Morgan fingerprint density at radius 1 is 1.26 bits per heavy atom. The van der Waals surface area contributed by atoms with Crippen molar-refractivity contribution in [1.82, 2.24) is 9.80 Å². The number of likely N-dealkylation sites (N-methyl/N-ethyl adjacent to an activating group) is 1. The molecule has 2 fully saturated rings. The highest BCUT2D eigenvalue weighted by molar-refractivity contribution is 5.79. The van der Waals surface area contributed by atoms with Crippen molar-refractivity contribution in [3.63, 3.8) is 0 Å². The largest absolute Gasteiger partial charge is 0.341 e. The van der Waals surface area contributed by atoms with Crippen LogP contribution in [0.15, 0.2) is 30.3 Å². The first-order valence-corrected chi connectivity index (χ1v) is 8.92. The lowest BCUT2D eigenvalue weighted by molar-refractivity contribution is -0.137. The Morgan fingerprint density at radius 3 is 2.78 bits per heavy atom. The van der Waals surface area contributed by atoms with Gasteiger partial charge in [0.2, 0.25) is 5.91 Å². The van der Waals surface area contributed by atoms with E-state index in [-0.39, 0.29) is 12.0 Å². The Bertz CT molecular complexity index is 519. The lowest BCUT2D eigenvalue weighted by Gasteiger charge is -2.32. The molecular weight excluding hydrogens is 286 g/mol. The zero-order valence-corrected chi connectivity index (χ0v) is 14.2.